The van der Waals surface area contributed by atoms with E-state index in [0.717, 1.165) is 51.5 Å². The lowest BCUT2D eigenvalue weighted by molar-refractivity contribution is -0.0390. The van der Waals surface area contributed by atoms with Crippen molar-refractivity contribution in [2.75, 3.05) is 26.8 Å². The summed E-state index contributed by atoms with van der Waals surface area (Å²) in [6.45, 7) is 6.24. The average Bonchev–Trinajstić information content (AvgIpc) is 2.64. The Bertz CT molecular complexity index is 488. The Kier molecular flexibility index (Phi) is 11.9. The van der Waals surface area contributed by atoms with Crippen LogP contribution in [0, 0.1) is 0 Å². The number of nitrogens with zero attached hydrogens (tertiary/aromatic N) is 1. The fourth-order valence-electron chi connectivity index (χ4n) is 2.60. The highest BCUT2D eigenvalue weighted by Gasteiger charge is 2.13. The summed E-state index contributed by atoms with van der Waals surface area (Å²) < 4.78 is 11.3. The van der Waals surface area contributed by atoms with E-state index in [-0.39, 0.29) is 24.0 Å². The van der Waals surface area contributed by atoms with Gasteiger partial charge < -0.3 is 20.1 Å². The van der Waals surface area contributed by atoms with Crippen molar-refractivity contribution in [1.82, 2.24) is 10.6 Å². The van der Waals surface area contributed by atoms with E-state index in [1.54, 1.807) is 7.05 Å². The largest absolute Gasteiger partial charge is 0.381 e. The first kappa shape index (κ1) is 22.2. The topological polar surface area (TPSA) is 54.9 Å². The Labute approximate surface area is 169 Å². The highest BCUT2D eigenvalue weighted by molar-refractivity contribution is 14.0. The third kappa shape index (κ3) is 8.87. The number of rotatable bonds is 8. The fraction of sp³-hybridized carbons (Fsp3) is 0.632. The lowest BCUT2D eigenvalue weighted by Gasteiger charge is -2.22. The molecule has 1 aliphatic rings. The number of hydrogen-bond acceptors (Lipinski definition) is 3. The number of benzene rings is 1. The molecule has 1 saturated heterocycles. The number of ether oxygens (including phenoxy) is 2. The minimum Gasteiger partial charge on any atom is -0.381 e. The second-order valence-corrected chi connectivity index (χ2v) is 6.15. The van der Waals surface area contributed by atoms with Gasteiger partial charge in [0.15, 0.2) is 5.96 Å². The summed E-state index contributed by atoms with van der Waals surface area (Å²) in [7, 11) is 1.80. The SMILES string of the molecule is CCCCNC(=NC)NCc1ccc(COC2CCOCC2)cc1.I. The van der Waals surface area contributed by atoms with Crippen LogP contribution in [0.5, 0.6) is 0 Å². The molecule has 1 aliphatic heterocycles. The molecule has 1 heterocycles. The summed E-state index contributed by atoms with van der Waals surface area (Å²) in [6, 6.07) is 8.58. The van der Waals surface area contributed by atoms with Gasteiger partial charge in [0.2, 0.25) is 0 Å². The first-order valence-electron chi connectivity index (χ1n) is 9.03. The molecular formula is C19H32IN3O2. The van der Waals surface area contributed by atoms with E-state index in [1.165, 1.54) is 17.5 Å². The summed E-state index contributed by atoms with van der Waals surface area (Å²) in [5.74, 6) is 0.857. The second-order valence-electron chi connectivity index (χ2n) is 6.15. The lowest BCUT2D eigenvalue weighted by Crippen LogP contribution is -2.37. The fourth-order valence-corrected chi connectivity index (χ4v) is 2.60. The first-order chi connectivity index (χ1) is 11.8. The number of nitrogens with one attached hydrogen (secondary N) is 2. The molecule has 0 bridgehead atoms. The van der Waals surface area contributed by atoms with Gasteiger partial charge in [-0.25, -0.2) is 0 Å². The molecule has 0 radical (unpaired) electrons. The zero-order valence-electron chi connectivity index (χ0n) is 15.4. The average molecular weight is 461 g/mol. The van der Waals surface area contributed by atoms with Gasteiger partial charge >= 0.3 is 0 Å². The Morgan fingerprint density at radius 2 is 1.84 bits per heavy atom. The molecule has 0 aliphatic carbocycles. The van der Waals surface area contributed by atoms with E-state index >= 15 is 0 Å². The molecule has 2 N–H and O–H groups in total. The van der Waals surface area contributed by atoms with Crippen LogP contribution in [0.25, 0.3) is 0 Å². The van der Waals surface area contributed by atoms with Gasteiger partial charge in [0.25, 0.3) is 0 Å². The van der Waals surface area contributed by atoms with Crippen LogP contribution in [-0.4, -0.2) is 38.9 Å². The van der Waals surface area contributed by atoms with Crippen molar-refractivity contribution in [1.29, 1.82) is 0 Å². The van der Waals surface area contributed by atoms with Crippen molar-refractivity contribution >= 4 is 29.9 Å². The molecule has 0 unspecified atom stereocenters. The summed E-state index contributed by atoms with van der Waals surface area (Å²) in [5, 5.41) is 6.66. The van der Waals surface area contributed by atoms with Crippen molar-refractivity contribution in [2.24, 2.45) is 4.99 Å². The number of unbranched alkanes of at least 4 members (excludes halogenated alkanes) is 1. The summed E-state index contributed by atoms with van der Waals surface area (Å²) in [6.07, 6.45) is 4.69. The van der Waals surface area contributed by atoms with Crippen LogP contribution in [0.4, 0.5) is 0 Å². The zero-order chi connectivity index (χ0) is 17.0. The Morgan fingerprint density at radius 3 is 2.48 bits per heavy atom. The predicted octanol–water partition coefficient (Wildman–Crippen LogP) is 3.47. The van der Waals surface area contributed by atoms with Gasteiger partial charge in [-0.2, -0.15) is 0 Å². The molecule has 0 saturated carbocycles. The van der Waals surface area contributed by atoms with Crippen molar-refractivity contribution in [3.63, 3.8) is 0 Å². The van der Waals surface area contributed by atoms with Crippen LogP contribution >= 0.6 is 24.0 Å². The highest BCUT2D eigenvalue weighted by atomic mass is 127. The van der Waals surface area contributed by atoms with Gasteiger partial charge in [-0.05, 0) is 30.4 Å². The third-order valence-corrected chi connectivity index (χ3v) is 4.18. The van der Waals surface area contributed by atoms with Crippen LogP contribution in [0.3, 0.4) is 0 Å². The van der Waals surface area contributed by atoms with Gasteiger partial charge in [0.05, 0.1) is 12.7 Å². The Hall–Kier alpha value is -0.860. The van der Waals surface area contributed by atoms with Crippen molar-refractivity contribution in [2.45, 2.75) is 51.9 Å². The molecule has 5 nitrogen and oxygen atoms in total. The summed E-state index contributed by atoms with van der Waals surface area (Å²) in [5.41, 5.74) is 2.46. The Balaban J connectivity index is 0.00000312. The minimum absolute atomic E-state index is 0. The maximum absolute atomic E-state index is 5.95. The normalized spacial score (nSPS) is 15.5. The van der Waals surface area contributed by atoms with Crippen LogP contribution in [0.1, 0.15) is 43.7 Å². The van der Waals surface area contributed by atoms with E-state index in [9.17, 15) is 0 Å². The van der Waals surface area contributed by atoms with Gasteiger partial charge in [0.1, 0.15) is 0 Å². The predicted molar refractivity (Wildman–Crippen MR) is 114 cm³/mol. The molecule has 0 spiro atoms. The molecule has 0 amide bonds. The molecule has 1 fully saturated rings. The standard InChI is InChI=1S/C19H31N3O2.HI/c1-3-4-11-21-19(20-2)22-14-16-5-7-17(8-6-16)15-24-18-9-12-23-13-10-18;/h5-8,18H,3-4,9-15H2,1-2H3,(H2,20,21,22);1H. The van der Waals surface area contributed by atoms with E-state index in [1.807, 2.05) is 0 Å². The van der Waals surface area contributed by atoms with Gasteiger partial charge in [-0.1, -0.05) is 37.6 Å². The zero-order valence-corrected chi connectivity index (χ0v) is 17.8. The van der Waals surface area contributed by atoms with E-state index in [2.05, 4.69) is 46.8 Å². The molecule has 2 rings (SSSR count). The second kappa shape index (κ2) is 13.4. The van der Waals surface area contributed by atoms with Gasteiger partial charge in [-0.3, -0.25) is 4.99 Å². The monoisotopic (exact) mass is 461 g/mol. The van der Waals surface area contributed by atoms with E-state index in [4.69, 9.17) is 9.47 Å². The highest BCUT2D eigenvalue weighted by Crippen LogP contribution is 2.14. The molecule has 6 heteroatoms. The summed E-state index contributed by atoms with van der Waals surface area (Å²) >= 11 is 0. The summed E-state index contributed by atoms with van der Waals surface area (Å²) in [4.78, 5) is 4.24. The molecule has 0 aromatic heterocycles. The number of halogens is 1. The lowest BCUT2D eigenvalue weighted by atomic mass is 10.1. The van der Waals surface area contributed by atoms with Crippen molar-refractivity contribution in [3.8, 4) is 0 Å². The number of hydrogen-bond donors (Lipinski definition) is 2. The maximum Gasteiger partial charge on any atom is 0.191 e. The maximum atomic E-state index is 5.95. The molecule has 142 valence electrons. The minimum atomic E-state index is 0. The smallest absolute Gasteiger partial charge is 0.191 e. The van der Waals surface area contributed by atoms with Crippen molar-refractivity contribution in [3.05, 3.63) is 35.4 Å². The molecule has 1 aromatic carbocycles. The molecule has 0 atom stereocenters. The van der Waals surface area contributed by atoms with Crippen LogP contribution in [0.2, 0.25) is 0 Å². The van der Waals surface area contributed by atoms with E-state index in [0.29, 0.717) is 12.7 Å². The first-order valence-corrected chi connectivity index (χ1v) is 9.03. The molecule has 1 aromatic rings. The van der Waals surface area contributed by atoms with Gasteiger partial charge in [0, 0.05) is 33.4 Å². The van der Waals surface area contributed by atoms with E-state index < -0.39 is 0 Å². The van der Waals surface area contributed by atoms with Gasteiger partial charge in [-0.15, -0.1) is 24.0 Å². The number of aliphatic imine (C=N–C) groups is 1. The van der Waals surface area contributed by atoms with Crippen LogP contribution in [-0.2, 0) is 22.6 Å². The molecular weight excluding hydrogens is 429 g/mol. The van der Waals surface area contributed by atoms with Crippen molar-refractivity contribution < 1.29 is 9.47 Å². The third-order valence-electron chi connectivity index (χ3n) is 4.18. The van der Waals surface area contributed by atoms with Crippen LogP contribution < -0.4 is 10.6 Å². The number of guanidine groups is 1. The Morgan fingerprint density at radius 1 is 1.16 bits per heavy atom. The molecule has 25 heavy (non-hydrogen) atoms. The quantitative estimate of drug-likeness (QED) is 0.270. The van der Waals surface area contributed by atoms with Crippen LogP contribution in [0.15, 0.2) is 29.3 Å².